The number of rotatable bonds is 7. The Morgan fingerprint density at radius 3 is 2.16 bits per heavy atom. The maximum Gasteiger partial charge on any atom is 0.293 e. The van der Waals surface area contributed by atoms with Gasteiger partial charge in [0.1, 0.15) is 5.75 Å². The number of carbonyl (C=O) groups is 3. The predicted octanol–water partition coefficient (Wildman–Crippen LogP) is 4.89. The van der Waals surface area contributed by atoms with Crippen LogP contribution in [-0.4, -0.2) is 65.0 Å². The van der Waals surface area contributed by atoms with Crippen molar-refractivity contribution in [3.05, 3.63) is 106 Å². The summed E-state index contributed by atoms with van der Waals surface area (Å²) in [4.78, 5) is 44.2. The number of nitrogens with zero attached hydrogens (tertiary/aromatic N) is 3. The lowest BCUT2D eigenvalue weighted by atomic mass is 10.1. The van der Waals surface area contributed by atoms with E-state index in [2.05, 4.69) is 17.0 Å². The normalized spacial score (nSPS) is 17.3. The molecule has 0 bridgehead atoms. The van der Waals surface area contributed by atoms with Crippen LogP contribution < -0.4 is 4.74 Å². The number of benzene rings is 3. The Balaban J connectivity index is 1.16. The third-order valence-electron chi connectivity index (χ3n) is 6.74. The summed E-state index contributed by atoms with van der Waals surface area (Å²) in [5.41, 5.74) is 3.51. The summed E-state index contributed by atoms with van der Waals surface area (Å²) < 4.78 is 5.22. The van der Waals surface area contributed by atoms with Crippen LogP contribution >= 0.6 is 11.8 Å². The number of ether oxygens (including phenoxy) is 1. The molecule has 0 aromatic heterocycles. The molecule has 38 heavy (non-hydrogen) atoms. The summed E-state index contributed by atoms with van der Waals surface area (Å²) in [6, 6.07) is 24.7. The van der Waals surface area contributed by atoms with Gasteiger partial charge in [-0.1, -0.05) is 54.6 Å². The molecule has 0 unspecified atom stereocenters. The van der Waals surface area contributed by atoms with Crippen molar-refractivity contribution in [1.29, 1.82) is 0 Å². The summed E-state index contributed by atoms with van der Waals surface area (Å²) in [5, 5.41) is -0.275. The summed E-state index contributed by atoms with van der Waals surface area (Å²) in [6.45, 7) is 4.07. The molecule has 2 heterocycles. The van der Waals surface area contributed by atoms with Crippen molar-refractivity contribution in [2.24, 2.45) is 0 Å². The number of hydrogen-bond donors (Lipinski definition) is 0. The van der Waals surface area contributed by atoms with Crippen LogP contribution in [0, 0.1) is 0 Å². The fraction of sp³-hybridized carbons (Fsp3) is 0.233. The van der Waals surface area contributed by atoms with Gasteiger partial charge in [0, 0.05) is 38.3 Å². The number of carbonyl (C=O) groups excluding carboxylic acids is 3. The molecule has 0 saturated carbocycles. The fourth-order valence-electron chi connectivity index (χ4n) is 4.56. The lowest BCUT2D eigenvalue weighted by Gasteiger charge is -2.34. The molecule has 7 nitrogen and oxygen atoms in total. The first kappa shape index (κ1) is 25.8. The molecule has 0 N–H and O–H groups in total. The smallest absolute Gasteiger partial charge is 0.293 e. The van der Waals surface area contributed by atoms with E-state index in [1.54, 1.807) is 25.3 Å². The number of thioether (sulfide) groups is 1. The van der Waals surface area contributed by atoms with Crippen molar-refractivity contribution in [1.82, 2.24) is 14.7 Å². The average molecular weight is 528 g/mol. The monoisotopic (exact) mass is 527 g/mol. The minimum absolute atomic E-state index is 0.00355. The largest absolute Gasteiger partial charge is 0.497 e. The van der Waals surface area contributed by atoms with Crippen LogP contribution in [0.1, 0.15) is 27.0 Å². The van der Waals surface area contributed by atoms with Gasteiger partial charge in [0.25, 0.3) is 17.1 Å². The van der Waals surface area contributed by atoms with Crippen molar-refractivity contribution < 1.29 is 19.1 Å². The van der Waals surface area contributed by atoms with Gasteiger partial charge in [0.15, 0.2) is 0 Å². The van der Waals surface area contributed by atoms with Crippen molar-refractivity contribution in [3.8, 4) is 5.75 Å². The van der Waals surface area contributed by atoms with Gasteiger partial charge >= 0.3 is 0 Å². The SMILES string of the molecule is COc1ccc(CN2CCN(C(=O)c3ccc(C=C4SC(=O)N(Cc5ccccc5)C4=O)cc3)CC2)cc1. The highest BCUT2D eigenvalue weighted by atomic mass is 32.2. The van der Waals surface area contributed by atoms with Crippen molar-refractivity contribution in [2.45, 2.75) is 13.1 Å². The van der Waals surface area contributed by atoms with Crippen LogP contribution in [0.4, 0.5) is 4.79 Å². The van der Waals surface area contributed by atoms with E-state index < -0.39 is 0 Å². The van der Waals surface area contributed by atoms with Crippen LogP contribution in [-0.2, 0) is 17.9 Å². The highest BCUT2D eigenvalue weighted by Gasteiger charge is 2.35. The molecular weight excluding hydrogens is 498 g/mol. The van der Waals surface area contributed by atoms with Crippen LogP contribution in [0.2, 0.25) is 0 Å². The van der Waals surface area contributed by atoms with E-state index in [0.29, 0.717) is 23.6 Å². The molecule has 3 aromatic carbocycles. The minimum Gasteiger partial charge on any atom is -0.497 e. The van der Waals surface area contributed by atoms with Gasteiger partial charge in [0.05, 0.1) is 18.6 Å². The van der Waals surface area contributed by atoms with E-state index in [4.69, 9.17) is 4.74 Å². The third-order valence-corrected chi connectivity index (χ3v) is 7.64. The number of methoxy groups -OCH3 is 1. The number of hydrogen-bond acceptors (Lipinski definition) is 6. The maximum absolute atomic E-state index is 13.1. The first-order valence-corrected chi connectivity index (χ1v) is 13.4. The van der Waals surface area contributed by atoms with Gasteiger partial charge < -0.3 is 9.64 Å². The molecule has 2 fully saturated rings. The Kier molecular flexibility index (Phi) is 7.91. The van der Waals surface area contributed by atoms with E-state index >= 15 is 0 Å². The summed E-state index contributed by atoms with van der Waals surface area (Å²) in [5.74, 6) is 0.554. The van der Waals surface area contributed by atoms with E-state index in [-0.39, 0.29) is 23.6 Å². The maximum atomic E-state index is 13.1. The molecule has 194 valence electrons. The predicted molar refractivity (Wildman–Crippen MR) is 149 cm³/mol. The van der Waals surface area contributed by atoms with Crippen molar-refractivity contribution >= 4 is 34.9 Å². The van der Waals surface area contributed by atoms with Crippen LogP contribution in [0.5, 0.6) is 5.75 Å². The number of piperazine rings is 1. The second-order valence-electron chi connectivity index (χ2n) is 9.29. The molecule has 8 heteroatoms. The van der Waals surface area contributed by atoms with E-state index in [9.17, 15) is 14.4 Å². The zero-order chi connectivity index (χ0) is 26.5. The molecule has 2 saturated heterocycles. The summed E-state index contributed by atoms with van der Waals surface area (Å²) >= 11 is 0.944. The summed E-state index contributed by atoms with van der Waals surface area (Å²) in [7, 11) is 1.66. The first-order chi connectivity index (χ1) is 18.5. The van der Waals surface area contributed by atoms with Gasteiger partial charge in [-0.05, 0) is 58.8 Å². The standard InChI is InChI=1S/C30H29N3O4S/c1-37-26-13-9-24(10-14-26)20-31-15-17-32(18-16-31)28(34)25-11-7-22(8-12-25)19-27-29(35)33(30(36)38-27)21-23-5-3-2-4-6-23/h2-14,19H,15-18,20-21H2,1H3. The zero-order valence-electron chi connectivity index (χ0n) is 21.2. The highest BCUT2D eigenvalue weighted by Crippen LogP contribution is 2.33. The van der Waals surface area contributed by atoms with Crippen molar-refractivity contribution in [3.63, 3.8) is 0 Å². The van der Waals surface area contributed by atoms with Gasteiger partial charge in [-0.15, -0.1) is 0 Å². The van der Waals surface area contributed by atoms with Crippen LogP contribution in [0.3, 0.4) is 0 Å². The van der Waals surface area contributed by atoms with Crippen LogP contribution in [0.25, 0.3) is 6.08 Å². The number of imide groups is 1. The Morgan fingerprint density at radius 2 is 1.50 bits per heavy atom. The fourth-order valence-corrected chi connectivity index (χ4v) is 5.39. The van der Waals surface area contributed by atoms with Gasteiger partial charge in [0.2, 0.25) is 0 Å². The van der Waals surface area contributed by atoms with E-state index in [1.807, 2.05) is 59.5 Å². The lowest BCUT2D eigenvalue weighted by molar-refractivity contribution is -0.123. The molecule has 0 atom stereocenters. The molecule has 2 aliphatic heterocycles. The molecule has 2 aliphatic rings. The molecule has 0 aliphatic carbocycles. The molecule has 5 rings (SSSR count). The topological polar surface area (TPSA) is 70.2 Å². The summed E-state index contributed by atoms with van der Waals surface area (Å²) in [6.07, 6.45) is 1.71. The lowest BCUT2D eigenvalue weighted by Crippen LogP contribution is -2.48. The Hall–Kier alpha value is -3.88. The molecular formula is C30H29N3O4S. The molecule has 0 spiro atoms. The zero-order valence-corrected chi connectivity index (χ0v) is 22.0. The highest BCUT2D eigenvalue weighted by molar-refractivity contribution is 8.18. The third kappa shape index (κ3) is 5.98. The minimum atomic E-state index is -0.295. The van der Waals surface area contributed by atoms with Crippen LogP contribution in [0.15, 0.2) is 83.8 Å². The van der Waals surface area contributed by atoms with Crippen molar-refractivity contribution in [2.75, 3.05) is 33.3 Å². The molecule has 3 aromatic rings. The Morgan fingerprint density at radius 1 is 0.842 bits per heavy atom. The quantitative estimate of drug-likeness (QED) is 0.408. The Labute approximate surface area is 226 Å². The van der Waals surface area contributed by atoms with Gasteiger partial charge in [-0.25, -0.2) is 0 Å². The second-order valence-corrected chi connectivity index (χ2v) is 10.3. The molecule has 0 radical (unpaired) electrons. The number of amides is 3. The average Bonchev–Trinajstić information content (AvgIpc) is 3.21. The molecule has 3 amide bonds. The van der Waals surface area contributed by atoms with Gasteiger partial charge in [-0.3, -0.25) is 24.2 Å². The Bertz CT molecular complexity index is 1330. The van der Waals surface area contributed by atoms with E-state index in [0.717, 1.165) is 48.3 Å². The van der Waals surface area contributed by atoms with E-state index in [1.165, 1.54) is 10.5 Å². The van der Waals surface area contributed by atoms with Gasteiger partial charge in [-0.2, -0.15) is 0 Å². The first-order valence-electron chi connectivity index (χ1n) is 12.5. The second kappa shape index (κ2) is 11.7.